The fourth-order valence-electron chi connectivity index (χ4n) is 4.17. The molecule has 0 N–H and O–H groups in total. The maximum atomic E-state index is 13.1. The minimum absolute atomic E-state index is 0.279. The predicted molar refractivity (Wildman–Crippen MR) is 105 cm³/mol. The molecule has 0 atom stereocenters. The normalized spacial score (nSPS) is 17.8. The quantitative estimate of drug-likeness (QED) is 0.678. The molecule has 3 nitrogen and oxygen atoms in total. The molecule has 2 aromatic carbocycles. The molecule has 1 spiro atoms. The summed E-state index contributed by atoms with van der Waals surface area (Å²) in [4.78, 5) is 14.2. The van der Waals surface area contributed by atoms with Crippen LogP contribution in [-0.4, -0.2) is 30.5 Å². The Morgan fingerprint density at radius 2 is 1.72 bits per heavy atom. The van der Waals surface area contributed by atoms with Crippen molar-refractivity contribution in [3.63, 3.8) is 0 Å². The van der Waals surface area contributed by atoms with Gasteiger partial charge in [-0.05, 0) is 42.2 Å². The Balaban J connectivity index is 1.41. The fraction of sp³-hybridized carbons (Fsp3) is 0.318. The number of benzene rings is 2. The van der Waals surface area contributed by atoms with Gasteiger partial charge in [-0.1, -0.05) is 48.0 Å². The van der Waals surface area contributed by atoms with Crippen LogP contribution in [0, 0.1) is 0 Å². The van der Waals surface area contributed by atoms with Crippen LogP contribution in [0.3, 0.4) is 0 Å². The Morgan fingerprint density at radius 3 is 2.45 bits per heavy atom. The fourth-order valence-corrected chi connectivity index (χ4v) is 4.57. The van der Waals surface area contributed by atoms with Gasteiger partial charge in [-0.3, -0.25) is 4.79 Å². The van der Waals surface area contributed by atoms with Crippen LogP contribution in [0.1, 0.15) is 29.5 Å². The van der Waals surface area contributed by atoms with Crippen molar-refractivity contribution in [1.29, 1.82) is 0 Å². The predicted octanol–water partition coefficient (Wildman–Crippen LogP) is 5.24. The SMILES string of the molecule is O=C(COc1ccccc1C(F)(F)F)N1CCC2(CC1)C(Cl)=Cc1ccccc12. The number of halogens is 4. The first-order valence-electron chi connectivity index (χ1n) is 9.35. The summed E-state index contributed by atoms with van der Waals surface area (Å²) in [6.45, 7) is 0.517. The zero-order valence-electron chi connectivity index (χ0n) is 15.5. The zero-order chi connectivity index (χ0) is 20.6. The molecule has 1 heterocycles. The summed E-state index contributed by atoms with van der Waals surface area (Å²) < 4.78 is 44.4. The first kappa shape index (κ1) is 19.8. The Morgan fingerprint density at radius 1 is 1.07 bits per heavy atom. The van der Waals surface area contributed by atoms with Gasteiger partial charge in [0.25, 0.3) is 5.91 Å². The minimum atomic E-state index is -4.53. The molecule has 7 heteroatoms. The van der Waals surface area contributed by atoms with Gasteiger partial charge in [-0.25, -0.2) is 0 Å². The zero-order valence-corrected chi connectivity index (χ0v) is 16.3. The Hall–Kier alpha value is -2.47. The summed E-state index contributed by atoms with van der Waals surface area (Å²) in [6, 6.07) is 12.9. The number of likely N-dealkylation sites (tertiary alicyclic amines) is 1. The van der Waals surface area contributed by atoms with Gasteiger partial charge in [0, 0.05) is 23.5 Å². The molecular formula is C22H19ClF3NO2. The summed E-state index contributed by atoms with van der Waals surface area (Å²) in [5.74, 6) is -0.666. The first-order chi connectivity index (χ1) is 13.8. The van der Waals surface area contributed by atoms with Crippen molar-refractivity contribution in [3.05, 3.63) is 70.3 Å². The molecular weight excluding hydrogens is 403 g/mol. The number of hydrogen-bond acceptors (Lipinski definition) is 2. The first-order valence-corrected chi connectivity index (χ1v) is 9.73. The number of carbonyl (C=O) groups excluding carboxylic acids is 1. The highest BCUT2D eigenvalue weighted by atomic mass is 35.5. The molecule has 0 unspecified atom stereocenters. The third-order valence-corrected chi connectivity index (χ3v) is 6.20. The van der Waals surface area contributed by atoms with Gasteiger partial charge in [0.15, 0.2) is 6.61 Å². The number of ether oxygens (including phenoxy) is 1. The van der Waals surface area contributed by atoms with Crippen LogP contribution in [0.5, 0.6) is 5.75 Å². The number of allylic oxidation sites excluding steroid dienone is 1. The van der Waals surface area contributed by atoms with E-state index in [0.29, 0.717) is 25.9 Å². The lowest BCUT2D eigenvalue weighted by Crippen LogP contribution is -2.46. The third-order valence-electron chi connectivity index (χ3n) is 5.73. The Kier molecular flexibility index (Phi) is 5.07. The molecule has 0 radical (unpaired) electrons. The number of fused-ring (bicyclic) bond motifs is 2. The Labute approximate surface area is 171 Å². The lowest BCUT2D eigenvalue weighted by Gasteiger charge is -2.40. The van der Waals surface area contributed by atoms with Crippen LogP contribution in [0.4, 0.5) is 13.2 Å². The molecule has 0 saturated carbocycles. The van der Waals surface area contributed by atoms with E-state index in [1.807, 2.05) is 24.3 Å². The minimum Gasteiger partial charge on any atom is -0.483 e. The molecule has 4 rings (SSSR count). The van der Waals surface area contributed by atoms with E-state index in [2.05, 4.69) is 6.07 Å². The number of nitrogens with zero attached hydrogens (tertiary/aromatic N) is 1. The summed E-state index contributed by atoms with van der Waals surface area (Å²) in [7, 11) is 0. The second-order valence-corrected chi connectivity index (χ2v) is 7.73. The standard InChI is InChI=1S/C22H19ClF3NO2/c23-19-13-15-5-1-2-6-16(15)21(19)9-11-27(12-10-21)20(28)14-29-18-8-4-3-7-17(18)22(24,25)26/h1-8,13H,9-12,14H2. The average Bonchev–Trinajstić information content (AvgIpc) is 2.98. The van der Waals surface area contributed by atoms with E-state index < -0.39 is 18.3 Å². The van der Waals surface area contributed by atoms with Crippen molar-refractivity contribution in [2.45, 2.75) is 24.4 Å². The van der Waals surface area contributed by atoms with Crippen LogP contribution in [-0.2, 0) is 16.4 Å². The highest BCUT2D eigenvalue weighted by molar-refractivity contribution is 6.33. The highest BCUT2D eigenvalue weighted by Gasteiger charge is 2.44. The van der Waals surface area contributed by atoms with E-state index >= 15 is 0 Å². The van der Waals surface area contributed by atoms with Crippen molar-refractivity contribution in [1.82, 2.24) is 4.90 Å². The average molecular weight is 422 g/mol. The van der Waals surface area contributed by atoms with Crippen molar-refractivity contribution < 1.29 is 22.7 Å². The largest absolute Gasteiger partial charge is 0.483 e. The molecule has 152 valence electrons. The smallest absolute Gasteiger partial charge is 0.419 e. The molecule has 1 aliphatic heterocycles. The number of piperidine rings is 1. The lowest BCUT2D eigenvalue weighted by molar-refractivity contribution is -0.141. The molecule has 29 heavy (non-hydrogen) atoms. The summed E-state index contributed by atoms with van der Waals surface area (Å²) in [5.41, 5.74) is 1.11. The van der Waals surface area contributed by atoms with E-state index in [-0.39, 0.29) is 17.1 Å². The van der Waals surface area contributed by atoms with E-state index in [0.717, 1.165) is 16.7 Å². The summed E-state index contributed by atoms with van der Waals surface area (Å²) >= 11 is 6.57. The molecule has 1 saturated heterocycles. The van der Waals surface area contributed by atoms with Crippen molar-refractivity contribution in [3.8, 4) is 5.75 Å². The van der Waals surface area contributed by atoms with Gasteiger partial charge in [-0.15, -0.1) is 0 Å². The van der Waals surface area contributed by atoms with Crippen LogP contribution >= 0.6 is 11.6 Å². The van der Waals surface area contributed by atoms with Crippen molar-refractivity contribution in [2.75, 3.05) is 19.7 Å². The molecule has 1 fully saturated rings. The number of hydrogen-bond donors (Lipinski definition) is 0. The molecule has 2 aromatic rings. The number of para-hydroxylation sites is 1. The highest BCUT2D eigenvalue weighted by Crippen LogP contribution is 2.50. The van der Waals surface area contributed by atoms with Crippen LogP contribution in [0.15, 0.2) is 53.6 Å². The topological polar surface area (TPSA) is 29.5 Å². The van der Waals surface area contributed by atoms with Gasteiger partial charge < -0.3 is 9.64 Å². The molecule has 0 aromatic heterocycles. The van der Waals surface area contributed by atoms with E-state index in [4.69, 9.17) is 16.3 Å². The van der Waals surface area contributed by atoms with Gasteiger partial charge in [0.05, 0.1) is 5.56 Å². The van der Waals surface area contributed by atoms with Gasteiger partial charge in [0.1, 0.15) is 5.75 Å². The number of alkyl halides is 3. The van der Waals surface area contributed by atoms with Gasteiger partial charge in [0.2, 0.25) is 0 Å². The third kappa shape index (κ3) is 3.62. The van der Waals surface area contributed by atoms with E-state index in [1.165, 1.54) is 23.8 Å². The second-order valence-electron chi connectivity index (χ2n) is 7.33. The molecule has 1 aliphatic carbocycles. The maximum Gasteiger partial charge on any atom is 0.419 e. The monoisotopic (exact) mass is 421 g/mol. The Bertz CT molecular complexity index is 963. The number of amides is 1. The van der Waals surface area contributed by atoms with Gasteiger partial charge in [-0.2, -0.15) is 13.2 Å². The lowest BCUT2D eigenvalue weighted by atomic mass is 9.74. The maximum absolute atomic E-state index is 13.1. The van der Waals surface area contributed by atoms with Crippen molar-refractivity contribution in [2.24, 2.45) is 0 Å². The molecule has 0 bridgehead atoms. The van der Waals surface area contributed by atoms with Gasteiger partial charge >= 0.3 is 6.18 Å². The second kappa shape index (κ2) is 7.41. The van der Waals surface area contributed by atoms with Crippen LogP contribution < -0.4 is 4.74 Å². The van der Waals surface area contributed by atoms with Crippen LogP contribution in [0.25, 0.3) is 6.08 Å². The number of carbonyl (C=O) groups is 1. The summed E-state index contributed by atoms with van der Waals surface area (Å²) in [6.07, 6.45) is -1.21. The van der Waals surface area contributed by atoms with Crippen molar-refractivity contribution >= 4 is 23.6 Å². The van der Waals surface area contributed by atoms with E-state index in [9.17, 15) is 18.0 Å². The number of rotatable bonds is 3. The van der Waals surface area contributed by atoms with E-state index in [1.54, 1.807) is 4.90 Å². The summed E-state index contributed by atoms with van der Waals surface area (Å²) in [5, 5.41) is 0.779. The van der Waals surface area contributed by atoms with Crippen LogP contribution in [0.2, 0.25) is 0 Å². The molecule has 1 amide bonds. The molecule has 2 aliphatic rings.